The number of methoxy groups -OCH3 is 1. The zero-order valence-electron chi connectivity index (χ0n) is 10.1. The van der Waals surface area contributed by atoms with Crippen LogP contribution in [-0.2, 0) is 0 Å². The molecule has 0 radical (unpaired) electrons. The average molecular weight is 230 g/mol. The van der Waals surface area contributed by atoms with Gasteiger partial charge in [0.2, 0.25) is 0 Å². The third kappa shape index (κ3) is 1.84. The molecule has 0 aliphatic carbocycles. The quantitative estimate of drug-likeness (QED) is 0.861. The molecule has 17 heavy (non-hydrogen) atoms. The van der Waals surface area contributed by atoms with Crippen LogP contribution in [0.25, 0.3) is 10.8 Å². The van der Waals surface area contributed by atoms with Gasteiger partial charge in [-0.05, 0) is 47.9 Å². The molecule has 0 bridgehead atoms. The van der Waals surface area contributed by atoms with E-state index in [4.69, 9.17) is 4.74 Å². The number of carboxylic acids is 1. The number of rotatable bonds is 2. The molecule has 0 atom stereocenters. The molecule has 3 heteroatoms. The smallest absolute Gasteiger partial charge is 0.336 e. The summed E-state index contributed by atoms with van der Waals surface area (Å²) in [7, 11) is 1.62. The predicted molar refractivity (Wildman–Crippen MR) is 66.9 cm³/mol. The molecule has 0 fully saturated rings. The maximum Gasteiger partial charge on any atom is 0.336 e. The van der Waals surface area contributed by atoms with Crippen LogP contribution < -0.4 is 4.74 Å². The highest BCUT2D eigenvalue weighted by Crippen LogP contribution is 2.28. The van der Waals surface area contributed by atoms with Gasteiger partial charge in [-0.1, -0.05) is 12.1 Å². The molecule has 3 nitrogen and oxygen atoms in total. The molecule has 0 aliphatic rings. The van der Waals surface area contributed by atoms with E-state index in [-0.39, 0.29) is 0 Å². The van der Waals surface area contributed by atoms with Crippen molar-refractivity contribution in [3.63, 3.8) is 0 Å². The fourth-order valence-electron chi connectivity index (χ4n) is 2.19. The minimum atomic E-state index is -0.877. The fraction of sp³-hybridized carbons (Fsp3) is 0.214. The van der Waals surface area contributed by atoms with E-state index < -0.39 is 5.97 Å². The summed E-state index contributed by atoms with van der Waals surface area (Å²) in [4.78, 5) is 11.2. The Morgan fingerprint density at radius 2 is 1.94 bits per heavy atom. The average Bonchev–Trinajstić information content (AvgIpc) is 2.27. The Hall–Kier alpha value is -2.03. The SMILES string of the molecule is COc1ccc2c(C)c(C(=O)O)c(C)cc2c1. The summed E-state index contributed by atoms with van der Waals surface area (Å²) in [6, 6.07) is 7.54. The van der Waals surface area contributed by atoms with Crippen LogP contribution in [0.2, 0.25) is 0 Å². The first-order chi connectivity index (χ1) is 8.04. The molecule has 0 aromatic heterocycles. The number of ether oxygens (including phenoxy) is 1. The first-order valence-corrected chi connectivity index (χ1v) is 5.36. The van der Waals surface area contributed by atoms with Crippen LogP contribution in [0.5, 0.6) is 5.75 Å². The Kier molecular flexibility index (Phi) is 2.76. The largest absolute Gasteiger partial charge is 0.497 e. The summed E-state index contributed by atoms with van der Waals surface area (Å²) in [5.74, 6) is -0.0999. The molecule has 0 amide bonds. The van der Waals surface area contributed by atoms with Gasteiger partial charge in [0.05, 0.1) is 12.7 Å². The van der Waals surface area contributed by atoms with Crippen molar-refractivity contribution in [2.45, 2.75) is 13.8 Å². The molecular formula is C14H14O3. The van der Waals surface area contributed by atoms with E-state index in [2.05, 4.69) is 0 Å². The first-order valence-electron chi connectivity index (χ1n) is 5.36. The second-order valence-corrected chi connectivity index (χ2v) is 4.09. The minimum absolute atomic E-state index is 0.391. The molecule has 2 rings (SSSR count). The number of aryl methyl sites for hydroxylation is 2. The topological polar surface area (TPSA) is 46.5 Å². The van der Waals surface area contributed by atoms with E-state index in [1.54, 1.807) is 7.11 Å². The number of benzene rings is 2. The van der Waals surface area contributed by atoms with Gasteiger partial charge in [0.25, 0.3) is 0 Å². The third-order valence-corrected chi connectivity index (χ3v) is 3.02. The van der Waals surface area contributed by atoms with Crippen molar-refractivity contribution < 1.29 is 14.6 Å². The van der Waals surface area contributed by atoms with Crippen LogP contribution in [0.3, 0.4) is 0 Å². The van der Waals surface area contributed by atoms with Gasteiger partial charge in [0.1, 0.15) is 5.75 Å². The summed E-state index contributed by atoms with van der Waals surface area (Å²) in [6.07, 6.45) is 0. The summed E-state index contributed by atoms with van der Waals surface area (Å²) in [5.41, 5.74) is 1.97. The number of hydrogen-bond donors (Lipinski definition) is 1. The highest BCUT2D eigenvalue weighted by molar-refractivity contribution is 5.99. The van der Waals surface area contributed by atoms with E-state index in [1.165, 1.54) is 0 Å². The van der Waals surface area contributed by atoms with Crippen LogP contribution in [0.1, 0.15) is 21.5 Å². The molecule has 0 heterocycles. The van der Waals surface area contributed by atoms with Crippen LogP contribution in [-0.4, -0.2) is 18.2 Å². The maximum atomic E-state index is 11.2. The van der Waals surface area contributed by atoms with E-state index in [0.717, 1.165) is 27.6 Å². The second kappa shape index (κ2) is 4.09. The summed E-state index contributed by atoms with van der Waals surface area (Å²) >= 11 is 0. The van der Waals surface area contributed by atoms with Crippen LogP contribution in [0.15, 0.2) is 24.3 Å². The highest BCUT2D eigenvalue weighted by atomic mass is 16.5. The van der Waals surface area contributed by atoms with Crippen LogP contribution in [0.4, 0.5) is 0 Å². The lowest BCUT2D eigenvalue weighted by Crippen LogP contribution is -2.03. The van der Waals surface area contributed by atoms with Crippen LogP contribution in [0, 0.1) is 13.8 Å². The Labute approximate surface area is 99.6 Å². The van der Waals surface area contributed by atoms with Crippen molar-refractivity contribution in [2.24, 2.45) is 0 Å². The molecule has 0 aliphatic heterocycles. The molecule has 2 aromatic carbocycles. The monoisotopic (exact) mass is 230 g/mol. The summed E-state index contributed by atoms with van der Waals surface area (Å²) in [6.45, 7) is 3.65. The number of fused-ring (bicyclic) bond motifs is 1. The van der Waals surface area contributed by atoms with Crippen molar-refractivity contribution >= 4 is 16.7 Å². The number of aromatic carboxylic acids is 1. The van der Waals surface area contributed by atoms with Gasteiger partial charge in [-0.25, -0.2) is 4.79 Å². The Balaban J connectivity index is 2.81. The van der Waals surface area contributed by atoms with Gasteiger partial charge in [-0.3, -0.25) is 0 Å². The second-order valence-electron chi connectivity index (χ2n) is 4.09. The lowest BCUT2D eigenvalue weighted by molar-refractivity contribution is 0.0695. The molecular weight excluding hydrogens is 216 g/mol. The first kappa shape index (κ1) is 11.5. The third-order valence-electron chi connectivity index (χ3n) is 3.02. The van der Waals surface area contributed by atoms with Crippen molar-refractivity contribution in [3.05, 3.63) is 41.0 Å². The van der Waals surface area contributed by atoms with Crippen molar-refractivity contribution in [1.82, 2.24) is 0 Å². The van der Waals surface area contributed by atoms with Crippen LogP contribution >= 0.6 is 0 Å². The fourth-order valence-corrected chi connectivity index (χ4v) is 2.19. The molecule has 0 unspecified atom stereocenters. The summed E-state index contributed by atoms with van der Waals surface area (Å²) in [5, 5.41) is 11.1. The van der Waals surface area contributed by atoms with E-state index in [9.17, 15) is 9.90 Å². The van der Waals surface area contributed by atoms with E-state index >= 15 is 0 Å². The number of carbonyl (C=O) groups is 1. The number of hydrogen-bond acceptors (Lipinski definition) is 2. The molecule has 88 valence electrons. The van der Waals surface area contributed by atoms with Gasteiger partial charge < -0.3 is 9.84 Å². The Morgan fingerprint density at radius 1 is 1.24 bits per heavy atom. The molecule has 0 saturated carbocycles. The van der Waals surface area contributed by atoms with Gasteiger partial charge in [0.15, 0.2) is 0 Å². The van der Waals surface area contributed by atoms with Gasteiger partial charge in [-0.15, -0.1) is 0 Å². The minimum Gasteiger partial charge on any atom is -0.497 e. The van der Waals surface area contributed by atoms with Gasteiger partial charge in [0, 0.05) is 0 Å². The van der Waals surface area contributed by atoms with Gasteiger partial charge in [-0.2, -0.15) is 0 Å². The predicted octanol–water partition coefficient (Wildman–Crippen LogP) is 3.16. The zero-order valence-corrected chi connectivity index (χ0v) is 10.1. The lowest BCUT2D eigenvalue weighted by atomic mass is 9.95. The van der Waals surface area contributed by atoms with E-state index in [1.807, 2.05) is 38.1 Å². The summed E-state index contributed by atoms with van der Waals surface area (Å²) < 4.78 is 5.16. The van der Waals surface area contributed by atoms with Crippen molar-refractivity contribution in [3.8, 4) is 5.75 Å². The number of carboxylic acid groups (broad SMARTS) is 1. The van der Waals surface area contributed by atoms with Crippen molar-refractivity contribution in [1.29, 1.82) is 0 Å². The standard InChI is InChI=1S/C14H14O3/c1-8-6-10-7-11(17-3)4-5-12(10)9(2)13(8)14(15)16/h4-7H,1-3H3,(H,15,16). The zero-order chi connectivity index (χ0) is 12.6. The molecule has 1 N–H and O–H groups in total. The Morgan fingerprint density at radius 3 is 2.53 bits per heavy atom. The maximum absolute atomic E-state index is 11.2. The lowest BCUT2D eigenvalue weighted by Gasteiger charge is -2.10. The van der Waals surface area contributed by atoms with Crippen molar-refractivity contribution in [2.75, 3.05) is 7.11 Å². The highest BCUT2D eigenvalue weighted by Gasteiger charge is 2.13. The normalized spacial score (nSPS) is 10.5. The molecule has 0 spiro atoms. The molecule has 0 saturated heterocycles. The van der Waals surface area contributed by atoms with E-state index in [0.29, 0.717) is 5.56 Å². The molecule has 2 aromatic rings. The Bertz CT molecular complexity index is 600. The van der Waals surface area contributed by atoms with Gasteiger partial charge >= 0.3 is 5.97 Å².